The van der Waals surface area contributed by atoms with Crippen molar-refractivity contribution >= 4 is 0 Å². The fourth-order valence-electron chi connectivity index (χ4n) is 1.54. The molecule has 0 heterocycles. The average Bonchev–Trinajstić information content (AvgIpc) is 2.46. The molecule has 19 heavy (non-hydrogen) atoms. The molecule has 1 rings (SSSR count). The molecule has 3 N–H and O–H groups in total. The zero-order chi connectivity index (χ0) is 14.1. The van der Waals surface area contributed by atoms with Crippen molar-refractivity contribution in [3.63, 3.8) is 0 Å². The van der Waals surface area contributed by atoms with Crippen LogP contribution in [0.25, 0.3) is 0 Å². The van der Waals surface area contributed by atoms with Crippen LogP contribution in [-0.4, -0.2) is 36.6 Å². The van der Waals surface area contributed by atoms with Crippen LogP contribution in [-0.2, 0) is 16.1 Å². The summed E-state index contributed by atoms with van der Waals surface area (Å²) < 4.78 is 11.1. The first-order valence-corrected chi connectivity index (χ1v) is 6.73. The van der Waals surface area contributed by atoms with E-state index >= 15 is 0 Å². The summed E-state index contributed by atoms with van der Waals surface area (Å²) in [6.07, 6.45) is 0.197. The summed E-state index contributed by atoms with van der Waals surface area (Å²) in [4.78, 5) is 0. The largest absolute Gasteiger partial charge is 0.388 e. The number of benzene rings is 1. The number of rotatable bonds is 9. The molecule has 0 saturated heterocycles. The van der Waals surface area contributed by atoms with Gasteiger partial charge in [-0.25, -0.2) is 0 Å². The molecule has 0 amide bonds. The van der Waals surface area contributed by atoms with Gasteiger partial charge in [0.1, 0.15) is 6.10 Å². The van der Waals surface area contributed by atoms with E-state index in [-0.39, 0.29) is 18.8 Å². The maximum absolute atomic E-state index is 9.79. The zero-order valence-electron chi connectivity index (χ0n) is 11.8. The van der Waals surface area contributed by atoms with Crippen molar-refractivity contribution in [3.8, 4) is 0 Å². The summed E-state index contributed by atoms with van der Waals surface area (Å²) in [7, 11) is 0. The minimum absolute atomic E-state index is 0.246. The lowest BCUT2D eigenvalue weighted by atomic mass is 10.0. The highest BCUT2D eigenvalue weighted by molar-refractivity contribution is 5.13. The van der Waals surface area contributed by atoms with Crippen LogP contribution in [0.4, 0.5) is 0 Å². The Labute approximate surface area is 115 Å². The quantitative estimate of drug-likeness (QED) is 0.715. The summed E-state index contributed by atoms with van der Waals surface area (Å²) in [6.45, 7) is 5.42. The van der Waals surface area contributed by atoms with Crippen LogP contribution in [0.3, 0.4) is 0 Å². The van der Waals surface area contributed by atoms with Gasteiger partial charge in [-0.1, -0.05) is 37.3 Å². The number of hydrogen-bond donors (Lipinski definition) is 2. The van der Waals surface area contributed by atoms with Gasteiger partial charge in [0.25, 0.3) is 0 Å². The molecule has 0 fully saturated rings. The summed E-state index contributed by atoms with van der Waals surface area (Å²) in [5, 5.41) is 9.79. The first-order valence-electron chi connectivity index (χ1n) is 6.73. The first kappa shape index (κ1) is 16.1. The highest BCUT2D eigenvalue weighted by Gasteiger charge is 2.21. The predicted molar refractivity (Wildman–Crippen MR) is 75.8 cm³/mol. The van der Waals surface area contributed by atoms with Crippen LogP contribution < -0.4 is 5.73 Å². The smallest absolute Gasteiger partial charge is 0.101 e. The van der Waals surface area contributed by atoms with Gasteiger partial charge in [0.2, 0.25) is 0 Å². The maximum Gasteiger partial charge on any atom is 0.101 e. The van der Waals surface area contributed by atoms with E-state index in [1.807, 2.05) is 44.2 Å². The minimum atomic E-state index is -0.624. The molecule has 4 heteroatoms. The summed E-state index contributed by atoms with van der Waals surface area (Å²) >= 11 is 0. The van der Waals surface area contributed by atoms with Gasteiger partial charge in [0.15, 0.2) is 0 Å². The molecular weight excluding hydrogens is 242 g/mol. The van der Waals surface area contributed by atoms with E-state index in [0.29, 0.717) is 13.2 Å². The fraction of sp³-hybridized carbons (Fsp3) is 0.600. The molecule has 1 aromatic carbocycles. The molecule has 0 aromatic heterocycles. The van der Waals surface area contributed by atoms with Gasteiger partial charge in [0.05, 0.1) is 25.4 Å². The van der Waals surface area contributed by atoms with Gasteiger partial charge in [-0.05, 0) is 18.9 Å². The van der Waals surface area contributed by atoms with Crippen LogP contribution in [0.1, 0.15) is 25.8 Å². The molecule has 1 aromatic rings. The number of ether oxygens (including phenoxy) is 2. The van der Waals surface area contributed by atoms with Gasteiger partial charge in [-0.15, -0.1) is 0 Å². The van der Waals surface area contributed by atoms with Crippen LogP contribution in [0.15, 0.2) is 30.3 Å². The molecule has 0 radical (unpaired) electrons. The standard InChI is InChI=1S/C15H25NO3/c1-3-15(2,12-16)19-11-14(17)10-18-9-13-7-5-4-6-8-13/h4-8,14,17H,3,9-12,16H2,1-2H3. The minimum Gasteiger partial charge on any atom is -0.388 e. The van der Waals surface area contributed by atoms with Crippen molar-refractivity contribution in [3.05, 3.63) is 35.9 Å². The van der Waals surface area contributed by atoms with Crippen molar-refractivity contribution in [2.45, 2.75) is 38.6 Å². The maximum atomic E-state index is 9.79. The second kappa shape index (κ2) is 8.27. The van der Waals surface area contributed by atoms with E-state index in [1.165, 1.54) is 0 Å². The Morgan fingerprint density at radius 3 is 2.53 bits per heavy atom. The second-order valence-corrected chi connectivity index (χ2v) is 4.97. The topological polar surface area (TPSA) is 64.7 Å². The lowest BCUT2D eigenvalue weighted by Gasteiger charge is -2.28. The monoisotopic (exact) mass is 267 g/mol. The molecule has 0 spiro atoms. The fourth-order valence-corrected chi connectivity index (χ4v) is 1.54. The van der Waals surface area contributed by atoms with Crippen LogP contribution >= 0.6 is 0 Å². The van der Waals surface area contributed by atoms with Crippen molar-refractivity contribution in [1.29, 1.82) is 0 Å². The molecule has 0 aliphatic rings. The van der Waals surface area contributed by atoms with Crippen molar-refractivity contribution < 1.29 is 14.6 Å². The van der Waals surface area contributed by atoms with E-state index < -0.39 is 6.10 Å². The highest BCUT2D eigenvalue weighted by atomic mass is 16.5. The van der Waals surface area contributed by atoms with Crippen LogP contribution in [0, 0.1) is 0 Å². The highest BCUT2D eigenvalue weighted by Crippen LogP contribution is 2.13. The lowest BCUT2D eigenvalue weighted by molar-refractivity contribution is -0.0860. The Hall–Kier alpha value is -0.940. The van der Waals surface area contributed by atoms with E-state index in [0.717, 1.165) is 12.0 Å². The third kappa shape index (κ3) is 6.16. The summed E-state index contributed by atoms with van der Waals surface area (Å²) in [6, 6.07) is 9.87. The Kier molecular flexibility index (Phi) is 7.02. The number of nitrogens with two attached hydrogens (primary N) is 1. The van der Waals surface area contributed by atoms with Gasteiger partial charge in [-0.2, -0.15) is 0 Å². The van der Waals surface area contributed by atoms with Gasteiger partial charge < -0.3 is 20.3 Å². The first-order chi connectivity index (χ1) is 9.09. The van der Waals surface area contributed by atoms with E-state index in [1.54, 1.807) is 0 Å². The Morgan fingerprint density at radius 2 is 1.95 bits per heavy atom. The second-order valence-electron chi connectivity index (χ2n) is 4.97. The third-order valence-corrected chi connectivity index (χ3v) is 3.23. The molecule has 4 nitrogen and oxygen atoms in total. The molecular formula is C15H25NO3. The molecule has 2 unspecified atom stereocenters. The third-order valence-electron chi connectivity index (χ3n) is 3.23. The normalized spacial score (nSPS) is 16.0. The SMILES string of the molecule is CCC(C)(CN)OCC(O)COCc1ccccc1. The molecule has 0 saturated carbocycles. The molecule has 108 valence electrons. The predicted octanol–water partition coefficient (Wildman–Crippen LogP) is 1.71. The molecule has 0 aliphatic carbocycles. The Morgan fingerprint density at radius 1 is 1.26 bits per heavy atom. The van der Waals surface area contributed by atoms with Gasteiger partial charge in [0, 0.05) is 6.54 Å². The van der Waals surface area contributed by atoms with Crippen molar-refractivity contribution in [1.82, 2.24) is 0 Å². The van der Waals surface area contributed by atoms with E-state index in [9.17, 15) is 5.11 Å². The van der Waals surface area contributed by atoms with E-state index in [4.69, 9.17) is 15.2 Å². The molecule has 0 aliphatic heterocycles. The lowest BCUT2D eigenvalue weighted by Crippen LogP contribution is -2.39. The van der Waals surface area contributed by atoms with Gasteiger partial charge >= 0.3 is 0 Å². The zero-order valence-corrected chi connectivity index (χ0v) is 11.8. The van der Waals surface area contributed by atoms with Crippen molar-refractivity contribution in [2.75, 3.05) is 19.8 Å². The summed E-state index contributed by atoms with van der Waals surface area (Å²) in [5.74, 6) is 0. The van der Waals surface area contributed by atoms with Crippen molar-refractivity contribution in [2.24, 2.45) is 5.73 Å². The Bertz CT molecular complexity index is 339. The van der Waals surface area contributed by atoms with Gasteiger partial charge in [-0.3, -0.25) is 0 Å². The van der Waals surface area contributed by atoms with Crippen LogP contribution in [0.2, 0.25) is 0 Å². The summed E-state index contributed by atoms with van der Waals surface area (Å²) in [5.41, 5.74) is 6.37. The molecule has 0 bridgehead atoms. The number of aliphatic hydroxyl groups is 1. The van der Waals surface area contributed by atoms with Crippen LogP contribution in [0.5, 0.6) is 0 Å². The average molecular weight is 267 g/mol. The Balaban J connectivity index is 2.19. The molecule has 2 atom stereocenters. The number of hydrogen-bond acceptors (Lipinski definition) is 4. The number of aliphatic hydroxyl groups excluding tert-OH is 1. The van der Waals surface area contributed by atoms with E-state index in [2.05, 4.69) is 0 Å².